The molecule has 0 atom stereocenters. The van der Waals surface area contributed by atoms with Gasteiger partial charge in [0.05, 0.1) is 27.3 Å². The first-order valence-corrected chi connectivity index (χ1v) is 8.11. The zero-order chi connectivity index (χ0) is 19.4. The highest BCUT2D eigenvalue weighted by atomic mass is 16.6. The number of quaternary nitrogens is 1. The summed E-state index contributed by atoms with van der Waals surface area (Å²) in [5.74, 6) is -2.68. The predicted octanol–water partition coefficient (Wildman–Crippen LogP) is 0.447. The van der Waals surface area contributed by atoms with Crippen molar-refractivity contribution in [1.82, 2.24) is 0 Å². The molecule has 1 saturated heterocycles. The number of nitrogens with zero attached hydrogens (tertiary/aromatic N) is 1. The second kappa shape index (κ2) is 11.0. The molecule has 1 rings (SSSR count). The van der Waals surface area contributed by atoms with E-state index in [0.29, 0.717) is 13.1 Å². The number of carbonyl (C=O) groups excluding carboxylic acids is 4. The lowest BCUT2D eigenvalue weighted by Crippen LogP contribution is -2.54. The normalized spacial score (nSPS) is 16.2. The SMILES string of the molecule is COC(=O)/C=C/C(=O)OC[N+]1(COC(=O)/C=C/C(=O)OC)CCCCC1. The highest BCUT2D eigenvalue weighted by Gasteiger charge is 2.32. The van der Waals surface area contributed by atoms with Crippen molar-refractivity contribution in [2.75, 3.05) is 40.8 Å². The molecular formula is C17H24NO8+. The third kappa shape index (κ3) is 7.93. The largest absolute Gasteiger partial charge is 0.466 e. The van der Waals surface area contributed by atoms with Crippen LogP contribution in [-0.2, 0) is 38.1 Å². The molecule has 0 aromatic heterocycles. The molecule has 0 spiro atoms. The summed E-state index contributed by atoms with van der Waals surface area (Å²) in [5.41, 5.74) is 0. The summed E-state index contributed by atoms with van der Waals surface area (Å²) in [6.45, 7) is 1.39. The Morgan fingerprint density at radius 3 is 1.46 bits per heavy atom. The highest BCUT2D eigenvalue weighted by molar-refractivity contribution is 5.92. The summed E-state index contributed by atoms with van der Waals surface area (Å²) in [6, 6.07) is 0. The second-order valence-corrected chi connectivity index (χ2v) is 5.75. The monoisotopic (exact) mass is 370 g/mol. The van der Waals surface area contributed by atoms with Gasteiger partial charge in [-0.1, -0.05) is 0 Å². The van der Waals surface area contributed by atoms with E-state index in [4.69, 9.17) is 9.47 Å². The van der Waals surface area contributed by atoms with Gasteiger partial charge in [0.2, 0.25) is 13.5 Å². The topological polar surface area (TPSA) is 105 Å². The lowest BCUT2D eigenvalue weighted by Gasteiger charge is -2.39. The fourth-order valence-electron chi connectivity index (χ4n) is 2.38. The fourth-order valence-corrected chi connectivity index (χ4v) is 2.38. The molecule has 0 aromatic rings. The molecule has 0 radical (unpaired) electrons. The molecule has 1 aliphatic heterocycles. The average molecular weight is 370 g/mol. The Hall–Kier alpha value is -2.68. The molecule has 0 amide bonds. The van der Waals surface area contributed by atoms with Gasteiger partial charge in [-0.05, 0) is 19.3 Å². The molecule has 9 nitrogen and oxygen atoms in total. The molecule has 9 heteroatoms. The fraction of sp³-hybridized carbons (Fsp3) is 0.529. The molecule has 1 aliphatic rings. The Bertz CT molecular complexity index is 531. The first kappa shape index (κ1) is 21.4. The van der Waals surface area contributed by atoms with Crippen molar-refractivity contribution in [3.63, 3.8) is 0 Å². The Labute approximate surface area is 151 Å². The number of hydrogen-bond donors (Lipinski definition) is 0. The number of carbonyl (C=O) groups is 4. The molecule has 26 heavy (non-hydrogen) atoms. The van der Waals surface area contributed by atoms with Crippen molar-refractivity contribution in [3.8, 4) is 0 Å². The van der Waals surface area contributed by atoms with Crippen LogP contribution in [0.15, 0.2) is 24.3 Å². The number of ether oxygens (including phenoxy) is 4. The van der Waals surface area contributed by atoms with Crippen LogP contribution < -0.4 is 0 Å². The van der Waals surface area contributed by atoms with E-state index in [1.54, 1.807) is 0 Å². The molecule has 0 aromatic carbocycles. The van der Waals surface area contributed by atoms with Crippen LogP contribution in [0.4, 0.5) is 0 Å². The lowest BCUT2D eigenvalue weighted by molar-refractivity contribution is -0.962. The molecule has 144 valence electrons. The second-order valence-electron chi connectivity index (χ2n) is 5.75. The van der Waals surface area contributed by atoms with E-state index < -0.39 is 23.9 Å². The van der Waals surface area contributed by atoms with Gasteiger partial charge < -0.3 is 18.9 Å². The van der Waals surface area contributed by atoms with Crippen LogP contribution in [0.5, 0.6) is 0 Å². The summed E-state index contributed by atoms with van der Waals surface area (Å²) in [4.78, 5) is 45.4. The van der Waals surface area contributed by atoms with Gasteiger partial charge >= 0.3 is 23.9 Å². The van der Waals surface area contributed by atoms with Crippen LogP contribution in [0.1, 0.15) is 19.3 Å². The van der Waals surface area contributed by atoms with Crippen LogP contribution in [0.3, 0.4) is 0 Å². The van der Waals surface area contributed by atoms with E-state index in [-0.39, 0.29) is 17.9 Å². The molecule has 0 saturated carbocycles. The third-order valence-electron chi connectivity index (χ3n) is 3.84. The van der Waals surface area contributed by atoms with E-state index in [1.165, 1.54) is 14.2 Å². The molecule has 0 aliphatic carbocycles. The van der Waals surface area contributed by atoms with Gasteiger partial charge in [0.1, 0.15) is 0 Å². The summed E-state index contributed by atoms with van der Waals surface area (Å²) in [5, 5.41) is 0. The van der Waals surface area contributed by atoms with E-state index in [0.717, 1.165) is 43.6 Å². The maximum absolute atomic E-state index is 11.7. The molecule has 0 bridgehead atoms. The van der Waals surface area contributed by atoms with E-state index in [9.17, 15) is 19.2 Å². The van der Waals surface area contributed by atoms with Crippen molar-refractivity contribution < 1.29 is 42.6 Å². The summed E-state index contributed by atoms with van der Waals surface area (Å²) in [6.07, 6.45) is 6.78. The number of esters is 4. The van der Waals surface area contributed by atoms with Crippen molar-refractivity contribution in [2.45, 2.75) is 19.3 Å². The zero-order valence-corrected chi connectivity index (χ0v) is 15.0. The molecule has 1 heterocycles. The molecule has 1 fully saturated rings. The van der Waals surface area contributed by atoms with E-state index >= 15 is 0 Å². The van der Waals surface area contributed by atoms with Gasteiger partial charge in [0, 0.05) is 24.3 Å². The van der Waals surface area contributed by atoms with Crippen LogP contribution in [0.25, 0.3) is 0 Å². The number of hydrogen-bond acceptors (Lipinski definition) is 8. The van der Waals surface area contributed by atoms with Crippen LogP contribution in [0.2, 0.25) is 0 Å². The van der Waals surface area contributed by atoms with Gasteiger partial charge in [-0.25, -0.2) is 19.2 Å². The van der Waals surface area contributed by atoms with E-state index in [1.807, 2.05) is 0 Å². The van der Waals surface area contributed by atoms with Gasteiger partial charge in [0.15, 0.2) is 0 Å². The average Bonchev–Trinajstić information content (AvgIpc) is 2.67. The van der Waals surface area contributed by atoms with Crippen molar-refractivity contribution in [1.29, 1.82) is 0 Å². The first-order valence-electron chi connectivity index (χ1n) is 8.11. The van der Waals surface area contributed by atoms with Crippen molar-refractivity contribution >= 4 is 23.9 Å². The Balaban J connectivity index is 2.58. The first-order chi connectivity index (χ1) is 12.4. The Morgan fingerprint density at radius 2 is 1.08 bits per heavy atom. The Kier molecular flexibility index (Phi) is 9.07. The molecular weight excluding hydrogens is 346 g/mol. The number of rotatable bonds is 8. The third-order valence-corrected chi connectivity index (χ3v) is 3.84. The smallest absolute Gasteiger partial charge is 0.335 e. The van der Waals surface area contributed by atoms with Crippen LogP contribution >= 0.6 is 0 Å². The minimum Gasteiger partial charge on any atom is -0.466 e. The van der Waals surface area contributed by atoms with Crippen molar-refractivity contribution in [3.05, 3.63) is 24.3 Å². The standard InChI is InChI=1S/C17H24NO8/c1-23-14(19)6-8-16(21)25-12-18(10-4-3-5-11-18)13-26-17(22)9-7-15(20)24-2/h6-9H,3-5,10-13H2,1-2H3/q+1/b8-6+,9-7+. The van der Waals surface area contributed by atoms with Gasteiger partial charge in [0.25, 0.3) is 0 Å². The number of likely N-dealkylation sites (tertiary alicyclic amines) is 1. The minimum absolute atomic E-state index is 0.0122. The van der Waals surface area contributed by atoms with Gasteiger partial charge in [-0.15, -0.1) is 0 Å². The molecule has 0 unspecified atom stereocenters. The zero-order valence-electron chi connectivity index (χ0n) is 15.0. The molecule has 0 N–H and O–H groups in total. The van der Waals surface area contributed by atoms with Gasteiger partial charge in [-0.2, -0.15) is 0 Å². The maximum Gasteiger partial charge on any atom is 0.335 e. The van der Waals surface area contributed by atoms with E-state index in [2.05, 4.69) is 9.47 Å². The predicted molar refractivity (Wildman–Crippen MR) is 88.1 cm³/mol. The maximum atomic E-state index is 11.7. The summed E-state index contributed by atoms with van der Waals surface area (Å²) in [7, 11) is 2.41. The van der Waals surface area contributed by atoms with Crippen LogP contribution in [0, 0.1) is 0 Å². The summed E-state index contributed by atoms with van der Waals surface area (Å²) < 4.78 is 19.4. The number of piperidine rings is 1. The highest BCUT2D eigenvalue weighted by Crippen LogP contribution is 2.19. The Morgan fingerprint density at radius 1 is 0.692 bits per heavy atom. The van der Waals surface area contributed by atoms with Crippen LogP contribution in [-0.4, -0.2) is 69.1 Å². The van der Waals surface area contributed by atoms with Crippen molar-refractivity contribution in [2.24, 2.45) is 0 Å². The lowest BCUT2D eigenvalue weighted by atomic mass is 10.1. The summed E-state index contributed by atoms with van der Waals surface area (Å²) >= 11 is 0. The minimum atomic E-state index is -0.685. The number of methoxy groups -OCH3 is 2. The van der Waals surface area contributed by atoms with Gasteiger partial charge in [-0.3, -0.25) is 4.48 Å². The quantitative estimate of drug-likeness (QED) is 0.262.